The fraction of sp³-hybridized carbons (Fsp3) is 0.600. The van der Waals surface area contributed by atoms with Crippen LogP contribution in [-0.2, 0) is 11.3 Å². The first kappa shape index (κ1) is 20.1. The normalized spacial score (nSPS) is 15.4. The van der Waals surface area contributed by atoms with E-state index in [-0.39, 0.29) is 5.91 Å². The van der Waals surface area contributed by atoms with Crippen molar-refractivity contribution in [3.05, 3.63) is 29.8 Å². The van der Waals surface area contributed by atoms with Gasteiger partial charge in [0.05, 0.1) is 13.7 Å². The van der Waals surface area contributed by atoms with Gasteiger partial charge in [0.2, 0.25) is 5.91 Å². The van der Waals surface area contributed by atoms with Gasteiger partial charge in [0.25, 0.3) is 0 Å². The van der Waals surface area contributed by atoms with E-state index in [1.165, 1.54) is 19.3 Å². The zero-order chi connectivity index (χ0) is 18.6. The number of nitrogens with one attached hydrogen (secondary N) is 3. The molecule has 1 aromatic rings. The van der Waals surface area contributed by atoms with Gasteiger partial charge in [0.1, 0.15) is 5.75 Å². The minimum atomic E-state index is 0.119. The molecular formula is C20H32N4O2. The van der Waals surface area contributed by atoms with Crippen molar-refractivity contribution in [1.82, 2.24) is 16.0 Å². The maximum Gasteiger partial charge on any atom is 0.221 e. The van der Waals surface area contributed by atoms with Crippen LogP contribution in [-0.4, -0.2) is 38.1 Å². The molecular weight excluding hydrogens is 328 g/mol. The highest BCUT2D eigenvalue weighted by atomic mass is 16.5. The molecule has 6 nitrogen and oxygen atoms in total. The number of rotatable bonds is 8. The van der Waals surface area contributed by atoms with Crippen LogP contribution in [0, 0.1) is 0 Å². The number of guanidine groups is 1. The van der Waals surface area contributed by atoms with Crippen molar-refractivity contribution < 1.29 is 9.53 Å². The fourth-order valence-corrected chi connectivity index (χ4v) is 3.12. The zero-order valence-corrected chi connectivity index (χ0v) is 16.0. The predicted molar refractivity (Wildman–Crippen MR) is 105 cm³/mol. The molecule has 1 amide bonds. The SMILES string of the molecule is CCNC(=NCc1cccc(OC)c1)NCCC(=O)NC1CCCCC1. The van der Waals surface area contributed by atoms with Crippen LogP contribution in [0.4, 0.5) is 0 Å². The van der Waals surface area contributed by atoms with Crippen LogP contribution in [0.2, 0.25) is 0 Å². The Bertz CT molecular complexity index is 583. The van der Waals surface area contributed by atoms with Crippen LogP contribution in [0.3, 0.4) is 0 Å². The average molecular weight is 361 g/mol. The lowest BCUT2D eigenvalue weighted by molar-refractivity contribution is -0.121. The van der Waals surface area contributed by atoms with Gasteiger partial charge in [-0.3, -0.25) is 4.79 Å². The fourth-order valence-electron chi connectivity index (χ4n) is 3.12. The standard InChI is InChI=1S/C20H32N4O2/c1-3-21-20(23-15-16-8-7-11-18(14-16)26-2)22-13-12-19(25)24-17-9-5-4-6-10-17/h7-8,11,14,17H,3-6,9-10,12-13,15H2,1-2H3,(H,24,25)(H2,21,22,23). The Hall–Kier alpha value is -2.24. The molecule has 26 heavy (non-hydrogen) atoms. The molecule has 0 heterocycles. The van der Waals surface area contributed by atoms with Gasteiger partial charge >= 0.3 is 0 Å². The Morgan fingerprint density at radius 3 is 2.77 bits per heavy atom. The molecule has 0 unspecified atom stereocenters. The number of nitrogens with zero attached hydrogens (tertiary/aromatic N) is 1. The monoisotopic (exact) mass is 360 g/mol. The van der Waals surface area contributed by atoms with E-state index in [0.717, 1.165) is 36.7 Å². The van der Waals surface area contributed by atoms with Crippen molar-refractivity contribution in [3.63, 3.8) is 0 Å². The summed E-state index contributed by atoms with van der Waals surface area (Å²) in [4.78, 5) is 16.7. The number of amides is 1. The van der Waals surface area contributed by atoms with Gasteiger partial charge in [-0.05, 0) is 37.5 Å². The summed E-state index contributed by atoms with van der Waals surface area (Å²) in [6.07, 6.45) is 6.44. The highest BCUT2D eigenvalue weighted by molar-refractivity contribution is 5.81. The third-order valence-electron chi connectivity index (χ3n) is 4.51. The summed E-state index contributed by atoms with van der Waals surface area (Å²) in [5.74, 6) is 1.67. The number of carbonyl (C=O) groups excluding carboxylic acids is 1. The van der Waals surface area contributed by atoms with E-state index in [1.54, 1.807) is 7.11 Å². The number of hydrogen-bond acceptors (Lipinski definition) is 3. The second-order valence-electron chi connectivity index (χ2n) is 6.63. The van der Waals surface area contributed by atoms with Crippen LogP contribution in [0.5, 0.6) is 5.75 Å². The lowest BCUT2D eigenvalue weighted by Crippen LogP contribution is -2.41. The van der Waals surface area contributed by atoms with Crippen molar-refractivity contribution in [2.75, 3.05) is 20.2 Å². The van der Waals surface area contributed by atoms with Crippen LogP contribution < -0.4 is 20.7 Å². The summed E-state index contributed by atoms with van der Waals surface area (Å²) in [6.45, 7) is 3.93. The van der Waals surface area contributed by atoms with Crippen LogP contribution in [0.25, 0.3) is 0 Å². The molecule has 6 heteroatoms. The van der Waals surface area contributed by atoms with E-state index in [2.05, 4.69) is 20.9 Å². The Balaban J connectivity index is 1.76. The molecule has 0 bridgehead atoms. The van der Waals surface area contributed by atoms with Crippen molar-refractivity contribution in [1.29, 1.82) is 0 Å². The van der Waals surface area contributed by atoms with E-state index >= 15 is 0 Å². The van der Waals surface area contributed by atoms with Crippen molar-refractivity contribution >= 4 is 11.9 Å². The summed E-state index contributed by atoms with van der Waals surface area (Å²) >= 11 is 0. The van der Waals surface area contributed by atoms with Crippen LogP contribution in [0.1, 0.15) is 51.0 Å². The smallest absolute Gasteiger partial charge is 0.221 e. The number of ether oxygens (including phenoxy) is 1. The Kier molecular flexibility index (Phi) is 8.79. The van der Waals surface area contributed by atoms with E-state index in [9.17, 15) is 4.79 Å². The lowest BCUT2D eigenvalue weighted by atomic mass is 9.95. The first-order valence-corrected chi connectivity index (χ1v) is 9.65. The molecule has 0 aliphatic heterocycles. The van der Waals surface area contributed by atoms with Gasteiger partial charge in [-0.2, -0.15) is 0 Å². The Morgan fingerprint density at radius 2 is 2.04 bits per heavy atom. The Labute approximate surface area is 156 Å². The maximum absolute atomic E-state index is 12.1. The van der Waals surface area contributed by atoms with E-state index in [1.807, 2.05) is 31.2 Å². The molecule has 3 N–H and O–H groups in total. The molecule has 1 saturated carbocycles. The molecule has 144 valence electrons. The van der Waals surface area contributed by atoms with Crippen molar-refractivity contribution in [2.45, 2.75) is 58.0 Å². The second-order valence-corrected chi connectivity index (χ2v) is 6.63. The first-order valence-electron chi connectivity index (χ1n) is 9.65. The van der Waals surface area contributed by atoms with Gasteiger partial charge < -0.3 is 20.7 Å². The lowest BCUT2D eigenvalue weighted by Gasteiger charge is -2.22. The molecule has 0 spiro atoms. The number of carbonyl (C=O) groups is 1. The summed E-state index contributed by atoms with van der Waals surface area (Å²) in [6, 6.07) is 8.24. The van der Waals surface area contributed by atoms with Gasteiger partial charge in [-0.15, -0.1) is 0 Å². The number of aliphatic imine (C=N–C) groups is 1. The predicted octanol–water partition coefficient (Wildman–Crippen LogP) is 2.59. The molecule has 1 aliphatic rings. The molecule has 0 radical (unpaired) electrons. The third kappa shape index (κ3) is 7.33. The largest absolute Gasteiger partial charge is 0.497 e. The molecule has 1 fully saturated rings. The quantitative estimate of drug-likeness (QED) is 0.492. The first-order chi connectivity index (χ1) is 12.7. The minimum Gasteiger partial charge on any atom is -0.497 e. The van der Waals surface area contributed by atoms with E-state index in [0.29, 0.717) is 25.6 Å². The van der Waals surface area contributed by atoms with Gasteiger partial charge in [-0.1, -0.05) is 31.4 Å². The molecule has 1 aromatic carbocycles. The van der Waals surface area contributed by atoms with E-state index in [4.69, 9.17) is 4.74 Å². The number of benzene rings is 1. The Morgan fingerprint density at radius 1 is 1.23 bits per heavy atom. The third-order valence-corrected chi connectivity index (χ3v) is 4.51. The topological polar surface area (TPSA) is 74.8 Å². The molecule has 1 aliphatic carbocycles. The number of methoxy groups -OCH3 is 1. The summed E-state index contributed by atoms with van der Waals surface area (Å²) < 4.78 is 5.24. The van der Waals surface area contributed by atoms with Crippen molar-refractivity contribution in [2.24, 2.45) is 4.99 Å². The molecule has 0 atom stereocenters. The van der Waals surface area contributed by atoms with Gasteiger partial charge in [-0.25, -0.2) is 4.99 Å². The highest BCUT2D eigenvalue weighted by Crippen LogP contribution is 2.17. The van der Waals surface area contributed by atoms with Crippen LogP contribution in [0.15, 0.2) is 29.3 Å². The molecule has 0 aromatic heterocycles. The zero-order valence-electron chi connectivity index (χ0n) is 16.0. The molecule has 0 saturated heterocycles. The highest BCUT2D eigenvalue weighted by Gasteiger charge is 2.15. The molecule has 2 rings (SSSR count). The van der Waals surface area contributed by atoms with Crippen molar-refractivity contribution in [3.8, 4) is 5.75 Å². The summed E-state index contributed by atoms with van der Waals surface area (Å²) in [5.41, 5.74) is 1.08. The van der Waals surface area contributed by atoms with E-state index < -0.39 is 0 Å². The second kappa shape index (κ2) is 11.4. The minimum absolute atomic E-state index is 0.119. The van der Waals surface area contributed by atoms with Gasteiger partial charge in [0, 0.05) is 25.6 Å². The maximum atomic E-state index is 12.1. The average Bonchev–Trinajstić information content (AvgIpc) is 2.67. The number of hydrogen-bond donors (Lipinski definition) is 3. The van der Waals surface area contributed by atoms with Gasteiger partial charge in [0.15, 0.2) is 5.96 Å². The summed E-state index contributed by atoms with van der Waals surface area (Å²) in [5, 5.41) is 9.59. The van der Waals surface area contributed by atoms with Crippen LogP contribution >= 0.6 is 0 Å². The summed E-state index contributed by atoms with van der Waals surface area (Å²) in [7, 11) is 1.66.